The smallest absolute Gasteiger partial charge is 0.242 e. The third-order valence-electron chi connectivity index (χ3n) is 2.26. The summed E-state index contributed by atoms with van der Waals surface area (Å²) in [5, 5.41) is 2.51. The summed E-state index contributed by atoms with van der Waals surface area (Å²) >= 11 is 2.98. The van der Waals surface area contributed by atoms with E-state index in [9.17, 15) is 17.6 Å². The highest BCUT2D eigenvalue weighted by Gasteiger charge is 2.23. The highest BCUT2D eigenvalue weighted by atomic mass is 79.9. The molecule has 0 saturated carbocycles. The maximum atomic E-state index is 12.9. The maximum absolute atomic E-state index is 12.9. The first-order chi connectivity index (χ1) is 8.77. The summed E-state index contributed by atoms with van der Waals surface area (Å²) in [4.78, 5) is 11.4. The van der Waals surface area contributed by atoms with Gasteiger partial charge in [0.05, 0.1) is 10.9 Å². The summed E-state index contributed by atoms with van der Waals surface area (Å²) in [5.41, 5.74) is 0. The van der Waals surface area contributed by atoms with E-state index < -0.39 is 27.8 Å². The van der Waals surface area contributed by atoms with Gasteiger partial charge < -0.3 is 5.32 Å². The first-order valence-electron chi connectivity index (χ1n) is 5.53. The van der Waals surface area contributed by atoms with E-state index >= 15 is 0 Å². The Morgan fingerprint density at radius 1 is 1.47 bits per heavy atom. The Kier molecular flexibility index (Phi) is 5.45. The lowest BCUT2D eigenvalue weighted by Gasteiger charge is -2.14. The second kappa shape index (κ2) is 6.44. The van der Waals surface area contributed by atoms with E-state index in [0.717, 1.165) is 18.2 Å². The van der Waals surface area contributed by atoms with Crippen LogP contribution in [-0.4, -0.2) is 26.9 Å². The van der Waals surface area contributed by atoms with Gasteiger partial charge >= 0.3 is 0 Å². The fraction of sp³-hybridized carbons (Fsp3) is 0.364. The van der Waals surface area contributed by atoms with Crippen molar-refractivity contribution >= 4 is 31.9 Å². The Hall–Kier alpha value is -0.990. The molecular weight excluding hydrogens is 339 g/mol. The number of amides is 1. The number of hydrogen-bond acceptors (Lipinski definition) is 3. The molecule has 19 heavy (non-hydrogen) atoms. The molecule has 0 saturated heterocycles. The lowest BCUT2D eigenvalue weighted by Crippen LogP contribution is -2.44. The van der Waals surface area contributed by atoms with E-state index in [1.54, 1.807) is 6.92 Å². The fourth-order valence-electron chi connectivity index (χ4n) is 1.37. The highest BCUT2D eigenvalue weighted by Crippen LogP contribution is 2.22. The van der Waals surface area contributed by atoms with Crippen LogP contribution < -0.4 is 10.0 Å². The molecule has 8 heteroatoms. The number of carbonyl (C=O) groups is 1. The molecule has 1 amide bonds. The molecule has 0 bridgehead atoms. The van der Waals surface area contributed by atoms with Crippen molar-refractivity contribution in [2.45, 2.75) is 24.8 Å². The minimum atomic E-state index is -3.89. The van der Waals surface area contributed by atoms with Crippen molar-refractivity contribution in [1.29, 1.82) is 0 Å². The zero-order chi connectivity index (χ0) is 14.6. The van der Waals surface area contributed by atoms with Crippen LogP contribution in [0.2, 0.25) is 0 Å². The van der Waals surface area contributed by atoms with Crippen LogP contribution in [0.4, 0.5) is 4.39 Å². The second-order valence-corrected chi connectivity index (χ2v) is 6.35. The first kappa shape index (κ1) is 16.1. The van der Waals surface area contributed by atoms with Crippen LogP contribution in [0.1, 0.15) is 13.8 Å². The Balaban J connectivity index is 2.95. The Morgan fingerprint density at radius 3 is 2.63 bits per heavy atom. The molecule has 1 atom stereocenters. The van der Waals surface area contributed by atoms with E-state index in [2.05, 4.69) is 26.0 Å². The van der Waals surface area contributed by atoms with E-state index in [1.807, 2.05) is 0 Å². The van der Waals surface area contributed by atoms with Crippen LogP contribution in [0.25, 0.3) is 0 Å². The summed E-state index contributed by atoms with van der Waals surface area (Å²) in [6.07, 6.45) is 0. The number of likely N-dealkylation sites (N-methyl/N-ethyl adjacent to an activating group) is 1. The summed E-state index contributed by atoms with van der Waals surface area (Å²) in [5.74, 6) is -0.980. The molecule has 0 aliphatic rings. The number of nitrogens with one attached hydrogen (secondary N) is 2. The van der Waals surface area contributed by atoms with Gasteiger partial charge in [0.1, 0.15) is 5.82 Å². The number of rotatable bonds is 5. The minimum absolute atomic E-state index is 0.100. The van der Waals surface area contributed by atoms with Crippen molar-refractivity contribution in [3.8, 4) is 0 Å². The van der Waals surface area contributed by atoms with Crippen LogP contribution in [-0.2, 0) is 14.8 Å². The minimum Gasteiger partial charge on any atom is -0.355 e. The Labute approximate surface area is 119 Å². The maximum Gasteiger partial charge on any atom is 0.242 e. The van der Waals surface area contributed by atoms with Gasteiger partial charge in [-0.25, -0.2) is 12.8 Å². The van der Waals surface area contributed by atoms with Gasteiger partial charge in [-0.2, -0.15) is 4.72 Å². The summed E-state index contributed by atoms with van der Waals surface area (Å²) < 4.78 is 39.3. The van der Waals surface area contributed by atoms with E-state index in [-0.39, 0.29) is 9.37 Å². The van der Waals surface area contributed by atoms with Crippen molar-refractivity contribution in [1.82, 2.24) is 10.0 Å². The number of sulfonamides is 1. The van der Waals surface area contributed by atoms with Crippen LogP contribution in [0.5, 0.6) is 0 Å². The van der Waals surface area contributed by atoms with E-state index in [0.29, 0.717) is 6.54 Å². The Bertz CT molecular complexity index is 577. The monoisotopic (exact) mass is 352 g/mol. The van der Waals surface area contributed by atoms with Crippen LogP contribution in [0, 0.1) is 5.82 Å². The zero-order valence-corrected chi connectivity index (χ0v) is 12.8. The molecule has 0 radical (unpaired) electrons. The molecule has 0 spiro atoms. The average molecular weight is 353 g/mol. The lowest BCUT2D eigenvalue weighted by molar-refractivity contribution is -0.122. The topological polar surface area (TPSA) is 75.3 Å². The van der Waals surface area contributed by atoms with Gasteiger partial charge in [-0.15, -0.1) is 0 Å². The molecule has 0 aromatic heterocycles. The molecule has 2 N–H and O–H groups in total. The van der Waals surface area contributed by atoms with Gasteiger partial charge in [0.25, 0.3) is 0 Å². The number of benzene rings is 1. The van der Waals surface area contributed by atoms with E-state index in [1.165, 1.54) is 6.92 Å². The van der Waals surface area contributed by atoms with Gasteiger partial charge in [-0.3, -0.25) is 4.79 Å². The van der Waals surface area contributed by atoms with Crippen molar-refractivity contribution in [2.75, 3.05) is 6.54 Å². The van der Waals surface area contributed by atoms with E-state index in [4.69, 9.17) is 0 Å². The summed E-state index contributed by atoms with van der Waals surface area (Å²) in [6.45, 7) is 3.57. The quantitative estimate of drug-likeness (QED) is 0.840. The molecule has 106 valence electrons. The normalized spacial score (nSPS) is 13.1. The Morgan fingerprint density at radius 2 is 2.11 bits per heavy atom. The lowest BCUT2D eigenvalue weighted by atomic mass is 10.3. The molecule has 0 aliphatic carbocycles. The molecule has 1 unspecified atom stereocenters. The predicted octanol–water partition coefficient (Wildman–Crippen LogP) is 1.39. The van der Waals surface area contributed by atoms with Crippen molar-refractivity contribution in [2.24, 2.45) is 0 Å². The third kappa shape index (κ3) is 4.26. The molecule has 1 aromatic carbocycles. The summed E-state index contributed by atoms with van der Waals surface area (Å²) in [6, 6.07) is 2.30. The van der Waals surface area contributed by atoms with Crippen molar-refractivity contribution < 1.29 is 17.6 Å². The third-order valence-corrected chi connectivity index (χ3v) is 4.78. The van der Waals surface area contributed by atoms with Gasteiger partial charge in [0.2, 0.25) is 15.9 Å². The zero-order valence-electron chi connectivity index (χ0n) is 10.4. The molecule has 5 nitrogen and oxygen atoms in total. The van der Waals surface area contributed by atoms with Gasteiger partial charge in [-0.05, 0) is 48.0 Å². The molecule has 1 rings (SSSR count). The standard InChI is InChI=1S/C11H14BrFN2O3S/c1-3-14-11(16)7(2)15-19(17,18)10-5-4-8(13)6-9(10)12/h4-7,15H,3H2,1-2H3,(H,14,16). The van der Waals surface area contributed by atoms with Crippen LogP contribution in [0.15, 0.2) is 27.6 Å². The molecule has 1 aromatic rings. The van der Waals surface area contributed by atoms with Gasteiger partial charge in [0, 0.05) is 11.0 Å². The molecular formula is C11H14BrFN2O3S. The highest BCUT2D eigenvalue weighted by molar-refractivity contribution is 9.10. The number of halogens is 2. The predicted molar refractivity (Wildman–Crippen MR) is 72.6 cm³/mol. The fourth-order valence-corrected chi connectivity index (χ4v) is 3.62. The van der Waals surface area contributed by atoms with Crippen molar-refractivity contribution in [3.05, 3.63) is 28.5 Å². The molecule has 0 heterocycles. The number of carbonyl (C=O) groups excluding carboxylic acids is 1. The molecule has 0 fully saturated rings. The van der Waals surface area contributed by atoms with Crippen molar-refractivity contribution in [3.63, 3.8) is 0 Å². The molecule has 0 aliphatic heterocycles. The second-order valence-electron chi connectivity index (χ2n) is 3.81. The van der Waals surface area contributed by atoms with Crippen LogP contribution in [0.3, 0.4) is 0 Å². The SMILES string of the molecule is CCNC(=O)C(C)NS(=O)(=O)c1ccc(F)cc1Br. The largest absolute Gasteiger partial charge is 0.355 e. The van der Waals surface area contributed by atoms with Gasteiger partial charge in [-0.1, -0.05) is 0 Å². The first-order valence-corrected chi connectivity index (χ1v) is 7.80. The average Bonchev–Trinajstić information content (AvgIpc) is 2.27. The number of hydrogen-bond donors (Lipinski definition) is 2. The summed E-state index contributed by atoms with van der Waals surface area (Å²) in [7, 11) is -3.89. The van der Waals surface area contributed by atoms with Gasteiger partial charge in [0.15, 0.2) is 0 Å². The van der Waals surface area contributed by atoms with Crippen LogP contribution >= 0.6 is 15.9 Å².